The molecule has 1 aromatic carbocycles. The molecule has 0 spiro atoms. The summed E-state index contributed by atoms with van der Waals surface area (Å²) in [5.41, 5.74) is 2.20. The number of imidazole rings is 1. The molecule has 0 unspecified atom stereocenters. The molecule has 2 rings (SSSR count). The molecule has 5 nitrogen and oxygen atoms in total. The maximum Gasteiger partial charge on any atom is 0.303 e. The molecular formula is C24H37N3O2. The van der Waals surface area contributed by atoms with Gasteiger partial charge in [-0.15, -0.1) is 0 Å². The van der Waals surface area contributed by atoms with E-state index in [9.17, 15) is 4.79 Å². The highest BCUT2D eigenvalue weighted by molar-refractivity contribution is 5.67. The molecule has 2 aromatic rings. The minimum Gasteiger partial charge on any atom is -0.481 e. The number of rotatable bonds is 17. The smallest absolute Gasteiger partial charge is 0.303 e. The van der Waals surface area contributed by atoms with Gasteiger partial charge in [0.05, 0.1) is 6.33 Å². The third kappa shape index (κ3) is 11.3. The van der Waals surface area contributed by atoms with Crippen molar-refractivity contribution in [2.24, 2.45) is 0 Å². The SMILES string of the molecule is O=C(O)CCc1ccc(NCCCCCCCCCCCCn2ccnc2)cc1. The topological polar surface area (TPSA) is 67.2 Å². The lowest BCUT2D eigenvalue weighted by Gasteiger charge is -2.07. The van der Waals surface area contributed by atoms with Gasteiger partial charge in [0.15, 0.2) is 0 Å². The van der Waals surface area contributed by atoms with Crippen molar-refractivity contribution in [1.29, 1.82) is 0 Å². The first kappa shape index (κ1) is 23.0. The van der Waals surface area contributed by atoms with Crippen molar-refractivity contribution in [3.05, 3.63) is 48.5 Å². The zero-order valence-corrected chi connectivity index (χ0v) is 17.7. The van der Waals surface area contributed by atoms with Crippen LogP contribution in [0.2, 0.25) is 0 Å². The fraction of sp³-hybridized carbons (Fsp3) is 0.583. The first-order chi connectivity index (χ1) is 14.2. The van der Waals surface area contributed by atoms with Crippen LogP contribution in [0.1, 0.15) is 76.2 Å². The Morgan fingerprint density at radius 2 is 1.52 bits per heavy atom. The van der Waals surface area contributed by atoms with Gasteiger partial charge in [0, 0.05) is 37.6 Å². The molecular weight excluding hydrogens is 362 g/mol. The maximum absolute atomic E-state index is 10.6. The van der Waals surface area contributed by atoms with Crippen LogP contribution in [0.15, 0.2) is 43.0 Å². The van der Waals surface area contributed by atoms with Gasteiger partial charge in [-0.2, -0.15) is 0 Å². The van der Waals surface area contributed by atoms with Crippen LogP contribution in [0.4, 0.5) is 5.69 Å². The summed E-state index contributed by atoms with van der Waals surface area (Å²) in [7, 11) is 0. The number of hydrogen-bond donors (Lipinski definition) is 2. The number of hydrogen-bond acceptors (Lipinski definition) is 3. The van der Waals surface area contributed by atoms with E-state index < -0.39 is 5.97 Å². The van der Waals surface area contributed by atoms with Gasteiger partial charge in [0.1, 0.15) is 0 Å². The number of benzene rings is 1. The van der Waals surface area contributed by atoms with Crippen molar-refractivity contribution in [1.82, 2.24) is 9.55 Å². The van der Waals surface area contributed by atoms with E-state index >= 15 is 0 Å². The number of carbonyl (C=O) groups is 1. The van der Waals surface area contributed by atoms with Crippen LogP contribution < -0.4 is 5.32 Å². The molecule has 0 fully saturated rings. The first-order valence-electron chi connectivity index (χ1n) is 11.2. The molecule has 5 heteroatoms. The van der Waals surface area contributed by atoms with Gasteiger partial charge in [0.2, 0.25) is 0 Å². The summed E-state index contributed by atoms with van der Waals surface area (Å²) >= 11 is 0. The second-order valence-corrected chi connectivity index (χ2v) is 7.85. The summed E-state index contributed by atoms with van der Waals surface area (Å²) in [5, 5.41) is 12.2. The summed E-state index contributed by atoms with van der Waals surface area (Å²) in [6.07, 6.45) is 19.8. The van der Waals surface area contributed by atoms with Crippen molar-refractivity contribution >= 4 is 11.7 Å². The van der Waals surface area contributed by atoms with Gasteiger partial charge in [-0.1, -0.05) is 63.5 Å². The Morgan fingerprint density at radius 3 is 2.10 bits per heavy atom. The molecule has 29 heavy (non-hydrogen) atoms. The summed E-state index contributed by atoms with van der Waals surface area (Å²) in [4.78, 5) is 14.7. The van der Waals surface area contributed by atoms with E-state index in [1.807, 2.05) is 43.0 Å². The van der Waals surface area contributed by atoms with Crippen LogP contribution in [0.3, 0.4) is 0 Å². The van der Waals surface area contributed by atoms with E-state index in [0.29, 0.717) is 6.42 Å². The van der Waals surface area contributed by atoms with E-state index in [1.165, 1.54) is 64.2 Å². The molecule has 2 N–H and O–H groups in total. The van der Waals surface area contributed by atoms with E-state index in [4.69, 9.17) is 5.11 Å². The van der Waals surface area contributed by atoms with Gasteiger partial charge >= 0.3 is 5.97 Å². The Hall–Kier alpha value is -2.30. The van der Waals surface area contributed by atoms with Gasteiger partial charge in [-0.25, -0.2) is 4.98 Å². The van der Waals surface area contributed by atoms with Crippen LogP contribution in [0.5, 0.6) is 0 Å². The lowest BCUT2D eigenvalue weighted by atomic mass is 10.1. The molecule has 0 bridgehead atoms. The van der Waals surface area contributed by atoms with E-state index in [1.54, 1.807) is 0 Å². The molecule has 1 heterocycles. The third-order valence-corrected chi connectivity index (χ3v) is 5.31. The highest BCUT2D eigenvalue weighted by Gasteiger charge is 1.99. The average Bonchev–Trinajstić information content (AvgIpc) is 3.24. The Kier molecular flexibility index (Phi) is 11.6. The molecule has 0 saturated carbocycles. The van der Waals surface area contributed by atoms with Gasteiger partial charge < -0.3 is 15.0 Å². The average molecular weight is 400 g/mol. The van der Waals surface area contributed by atoms with E-state index in [-0.39, 0.29) is 6.42 Å². The minimum atomic E-state index is -0.742. The minimum absolute atomic E-state index is 0.194. The van der Waals surface area contributed by atoms with Gasteiger partial charge in [-0.05, 0) is 37.0 Å². The Bertz CT molecular complexity index is 653. The number of carboxylic acid groups (broad SMARTS) is 1. The van der Waals surface area contributed by atoms with Crippen molar-refractivity contribution in [3.63, 3.8) is 0 Å². The summed E-state index contributed by atoms with van der Waals surface area (Å²) in [5.74, 6) is -0.742. The van der Waals surface area contributed by atoms with Crippen LogP contribution in [0, 0.1) is 0 Å². The Morgan fingerprint density at radius 1 is 0.897 bits per heavy atom. The van der Waals surface area contributed by atoms with Gasteiger partial charge in [-0.3, -0.25) is 4.79 Å². The zero-order chi connectivity index (χ0) is 20.6. The van der Waals surface area contributed by atoms with Gasteiger partial charge in [0.25, 0.3) is 0 Å². The number of nitrogens with zero attached hydrogens (tertiary/aromatic N) is 2. The van der Waals surface area contributed by atoms with Crippen molar-refractivity contribution in [3.8, 4) is 0 Å². The van der Waals surface area contributed by atoms with Crippen molar-refractivity contribution in [2.75, 3.05) is 11.9 Å². The maximum atomic E-state index is 10.6. The first-order valence-corrected chi connectivity index (χ1v) is 11.2. The number of carboxylic acids is 1. The molecule has 0 amide bonds. The normalized spacial score (nSPS) is 10.9. The second-order valence-electron chi connectivity index (χ2n) is 7.85. The predicted octanol–water partition coefficient (Wildman–Crippen LogP) is 5.91. The van der Waals surface area contributed by atoms with Crippen molar-refractivity contribution in [2.45, 2.75) is 83.6 Å². The Balaban J connectivity index is 1.34. The Labute approximate surface area is 175 Å². The summed E-state index contributed by atoms with van der Waals surface area (Å²) in [6, 6.07) is 8.13. The summed E-state index contributed by atoms with van der Waals surface area (Å²) in [6.45, 7) is 2.11. The summed E-state index contributed by atoms with van der Waals surface area (Å²) < 4.78 is 2.16. The number of aromatic nitrogens is 2. The highest BCUT2D eigenvalue weighted by atomic mass is 16.4. The number of nitrogens with one attached hydrogen (secondary N) is 1. The molecule has 1 aromatic heterocycles. The second kappa shape index (κ2) is 14.7. The number of aryl methyl sites for hydroxylation is 2. The monoisotopic (exact) mass is 399 g/mol. The number of unbranched alkanes of at least 4 members (excludes halogenated alkanes) is 9. The van der Waals surface area contributed by atoms with Crippen LogP contribution >= 0.6 is 0 Å². The van der Waals surface area contributed by atoms with Crippen LogP contribution in [0.25, 0.3) is 0 Å². The number of aliphatic carboxylic acids is 1. The van der Waals surface area contributed by atoms with E-state index in [0.717, 1.165) is 24.3 Å². The molecule has 0 aliphatic heterocycles. The zero-order valence-electron chi connectivity index (χ0n) is 17.7. The molecule has 160 valence electrons. The molecule has 0 aliphatic carbocycles. The standard InChI is InChI=1S/C24H37N3O2/c28-24(29)16-13-22-11-14-23(15-12-22)26-17-9-7-5-3-1-2-4-6-8-10-19-27-20-18-25-21-27/h11-12,14-15,18,20-21,26H,1-10,13,16-17,19H2,(H,28,29). The van der Waals surface area contributed by atoms with Crippen LogP contribution in [-0.4, -0.2) is 27.2 Å². The number of anilines is 1. The molecule has 0 aliphatic rings. The molecule has 0 saturated heterocycles. The fourth-order valence-corrected chi connectivity index (χ4v) is 3.53. The van der Waals surface area contributed by atoms with Crippen molar-refractivity contribution < 1.29 is 9.90 Å². The van der Waals surface area contributed by atoms with Crippen LogP contribution in [-0.2, 0) is 17.8 Å². The molecule has 0 radical (unpaired) electrons. The lowest BCUT2D eigenvalue weighted by Crippen LogP contribution is -2.02. The highest BCUT2D eigenvalue weighted by Crippen LogP contribution is 2.13. The molecule has 0 atom stereocenters. The lowest BCUT2D eigenvalue weighted by molar-refractivity contribution is -0.136. The fourth-order valence-electron chi connectivity index (χ4n) is 3.53. The largest absolute Gasteiger partial charge is 0.481 e. The van der Waals surface area contributed by atoms with E-state index in [2.05, 4.69) is 14.9 Å². The third-order valence-electron chi connectivity index (χ3n) is 5.31. The quantitative estimate of drug-likeness (QED) is 0.324. The predicted molar refractivity (Wildman–Crippen MR) is 119 cm³/mol.